The van der Waals surface area contributed by atoms with Crippen LogP contribution in [-0.4, -0.2) is 40.3 Å². The van der Waals surface area contributed by atoms with Gasteiger partial charge in [-0.1, -0.05) is 0 Å². The number of ether oxygens (including phenoxy) is 1. The number of nitrogens with zero attached hydrogens (tertiary/aromatic N) is 2. The van der Waals surface area contributed by atoms with Crippen molar-refractivity contribution in [3.05, 3.63) is 11.6 Å². The van der Waals surface area contributed by atoms with Gasteiger partial charge in [0.1, 0.15) is 5.82 Å². The molecule has 1 saturated carbocycles. The van der Waals surface area contributed by atoms with Gasteiger partial charge in [-0.05, 0) is 26.7 Å². The number of aromatic amines is 1. The van der Waals surface area contributed by atoms with Crippen LogP contribution in [0.2, 0.25) is 0 Å². The average Bonchev–Trinajstić information content (AvgIpc) is 3.04. The second-order valence-electron chi connectivity index (χ2n) is 4.35. The third-order valence-electron chi connectivity index (χ3n) is 2.62. The van der Waals surface area contributed by atoms with Gasteiger partial charge >= 0.3 is 0 Å². The fraction of sp³-hybridized carbons (Fsp3) is 0.727. The van der Waals surface area contributed by atoms with Crippen molar-refractivity contribution in [2.75, 3.05) is 13.2 Å². The van der Waals surface area contributed by atoms with Gasteiger partial charge in [0.25, 0.3) is 5.91 Å². The Morgan fingerprint density at radius 2 is 2.41 bits per heavy atom. The molecule has 0 radical (unpaired) electrons. The maximum absolute atomic E-state index is 11.8. The Kier molecular flexibility index (Phi) is 3.73. The first-order chi connectivity index (χ1) is 8.20. The minimum atomic E-state index is -0.250. The zero-order chi connectivity index (χ0) is 12.3. The van der Waals surface area contributed by atoms with Gasteiger partial charge in [0.05, 0.1) is 6.61 Å². The summed E-state index contributed by atoms with van der Waals surface area (Å²) in [6.45, 7) is 4.96. The van der Waals surface area contributed by atoms with E-state index in [1.165, 1.54) is 0 Å². The highest BCUT2D eigenvalue weighted by Gasteiger charge is 2.28. The molecule has 1 aromatic rings. The SMILES string of the molecule is CCOCC(C)NC(=O)c1n[nH]c(C2CC2)n1. The largest absolute Gasteiger partial charge is 0.380 e. The van der Waals surface area contributed by atoms with Crippen LogP contribution in [0.5, 0.6) is 0 Å². The molecule has 2 N–H and O–H groups in total. The zero-order valence-corrected chi connectivity index (χ0v) is 10.2. The maximum Gasteiger partial charge on any atom is 0.291 e. The molecule has 94 valence electrons. The van der Waals surface area contributed by atoms with E-state index in [1.807, 2.05) is 13.8 Å². The number of carbonyl (C=O) groups excluding carboxylic acids is 1. The lowest BCUT2D eigenvalue weighted by Crippen LogP contribution is -2.36. The minimum Gasteiger partial charge on any atom is -0.380 e. The first-order valence-corrected chi connectivity index (χ1v) is 6.01. The molecule has 1 aliphatic carbocycles. The van der Waals surface area contributed by atoms with Gasteiger partial charge in [-0.25, -0.2) is 4.98 Å². The number of aromatic nitrogens is 3. The monoisotopic (exact) mass is 238 g/mol. The predicted octanol–water partition coefficient (Wildman–Crippen LogP) is 0.837. The van der Waals surface area contributed by atoms with Crippen LogP contribution in [0.25, 0.3) is 0 Å². The van der Waals surface area contributed by atoms with Gasteiger partial charge in [-0.3, -0.25) is 9.89 Å². The van der Waals surface area contributed by atoms with E-state index in [4.69, 9.17) is 4.74 Å². The van der Waals surface area contributed by atoms with E-state index in [9.17, 15) is 4.79 Å². The Labute approximate surface area is 100 Å². The molecule has 6 nitrogen and oxygen atoms in total. The standard InChI is InChI=1S/C11H18N4O2/c1-3-17-6-7(2)12-11(16)10-13-9(14-15-10)8-4-5-8/h7-8H,3-6H2,1-2H3,(H,12,16)(H,13,14,15). The molecule has 1 fully saturated rings. The summed E-state index contributed by atoms with van der Waals surface area (Å²) in [6.07, 6.45) is 2.27. The molecule has 1 amide bonds. The summed E-state index contributed by atoms with van der Waals surface area (Å²) in [7, 11) is 0. The quantitative estimate of drug-likeness (QED) is 0.769. The number of H-pyrrole nitrogens is 1. The molecular weight excluding hydrogens is 220 g/mol. The van der Waals surface area contributed by atoms with Crippen LogP contribution in [0.15, 0.2) is 0 Å². The molecule has 1 unspecified atom stereocenters. The van der Waals surface area contributed by atoms with Crippen LogP contribution < -0.4 is 5.32 Å². The van der Waals surface area contributed by atoms with Crippen molar-refractivity contribution in [1.29, 1.82) is 0 Å². The molecule has 0 bridgehead atoms. The number of nitrogens with one attached hydrogen (secondary N) is 2. The van der Waals surface area contributed by atoms with Crippen molar-refractivity contribution in [1.82, 2.24) is 20.5 Å². The highest BCUT2D eigenvalue weighted by atomic mass is 16.5. The smallest absolute Gasteiger partial charge is 0.291 e. The Morgan fingerprint density at radius 1 is 1.65 bits per heavy atom. The molecule has 0 aromatic carbocycles. The molecule has 1 aliphatic rings. The number of amides is 1. The van der Waals surface area contributed by atoms with Gasteiger partial charge in [-0.15, -0.1) is 5.10 Å². The van der Waals surface area contributed by atoms with E-state index < -0.39 is 0 Å². The summed E-state index contributed by atoms with van der Waals surface area (Å²) in [4.78, 5) is 15.9. The summed E-state index contributed by atoms with van der Waals surface area (Å²) in [5.41, 5.74) is 0. The van der Waals surface area contributed by atoms with E-state index in [-0.39, 0.29) is 17.8 Å². The molecular formula is C11H18N4O2. The van der Waals surface area contributed by atoms with E-state index in [0.29, 0.717) is 19.1 Å². The summed E-state index contributed by atoms with van der Waals surface area (Å²) < 4.78 is 5.22. The third-order valence-corrected chi connectivity index (χ3v) is 2.62. The Balaban J connectivity index is 1.85. The fourth-order valence-electron chi connectivity index (χ4n) is 1.54. The van der Waals surface area contributed by atoms with Crippen molar-refractivity contribution in [2.24, 2.45) is 0 Å². The highest BCUT2D eigenvalue weighted by molar-refractivity contribution is 5.90. The van der Waals surface area contributed by atoms with Crippen LogP contribution in [0, 0.1) is 0 Å². The topological polar surface area (TPSA) is 79.9 Å². The van der Waals surface area contributed by atoms with Gasteiger partial charge in [0.2, 0.25) is 5.82 Å². The fourth-order valence-corrected chi connectivity index (χ4v) is 1.54. The van der Waals surface area contributed by atoms with Crippen LogP contribution in [0.1, 0.15) is 49.1 Å². The van der Waals surface area contributed by atoms with Crippen molar-refractivity contribution in [2.45, 2.75) is 38.6 Å². The van der Waals surface area contributed by atoms with Crippen molar-refractivity contribution < 1.29 is 9.53 Å². The van der Waals surface area contributed by atoms with Gasteiger partial charge < -0.3 is 10.1 Å². The molecule has 6 heteroatoms. The van der Waals surface area contributed by atoms with E-state index in [0.717, 1.165) is 18.7 Å². The van der Waals surface area contributed by atoms with Crippen LogP contribution in [0.3, 0.4) is 0 Å². The lowest BCUT2D eigenvalue weighted by molar-refractivity contribution is 0.0862. The summed E-state index contributed by atoms with van der Waals surface area (Å²) in [5.74, 6) is 1.27. The Morgan fingerprint density at radius 3 is 3.06 bits per heavy atom. The lowest BCUT2D eigenvalue weighted by Gasteiger charge is -2.11. The number of carbonyl (C=O) groups is 1. The van der Waals surface area contributed by atoms with Gasteiger partial charge in [0, 0.05) is 18.6 Å². The number of hydrogen-bond donors (Lipinski definition) is 2. The molecule has 2 rings (SSSR count). The summed E-state index contributed by atoms with van der Waals surface area (Å²) >= 11 is 0. The van der Waals surface area contributed by atoms with Gasteiger partial charge in [-0.2, -0.15) is 0 Å². The Hall–Kier alpha value is -1.43. The minimum absolute atomic E-state index is 0.0367. The first-order valence-electron chi connectivity index (χ1n) is 6.01. The van der Waals surface area contributed by atoms with Crippen molar-refractivity contribution >= 4 is 5.91 Å². The normalized spacial score (nSPS) is 16.8. The van der Waals surface area contributed by atoms with Gasteiger partial charge in [0.15, 0.2) is 0 Å². The molecule has 17 heavy (non-hydrogen) atoms. The van der Waals surface area contributed by atoms with Crippen molar-refractivity contribution in [3.63, 3.8) is 0 Å². The van der Waals surface area contributed by atoms with Crippen LogP contribution >= 0.6 is 0 Å². The number of rotatable bonds is 6. The molecule has 1 atom stereocenters. The van der Waals surface area contributed by atoms with Crippen LogP contribution in [-0.2, 0) is 4.74 Å². The maximum atomic E-state index is 11.8. The second kappa shape index (κ2) is 5.27. The summed E-state index contributed by atoms with van der Waals surface area (Å²) in [6, 6.07) is -0.0367. The molecule has 0 aliphatic heterocycles. The molecule has 0 spiro atoms. The van der Waals surface area contributed by atoms with E-state index in [1.54, 1.807) is 0 Å². The molecule has 0 saturated heterocycles. The Bertz CT molecular complexity index is 387. The number of hydrogen-bond acceptors (Lipinski definition) is 4. The third kappa shape index (κ3) is 3.26. The summed E-state index contributed by atoms with van der Waals surface area (Å²) in [5, 5.41) is 9.53. The average molecular weight is 238 g/mol. The first kappa shape index (κ1) is 12.0. The zero-order valence-electron chi connectivity index (χ0n) is 10.2. The molecule has 1 heterocycles. The van der Waals surface area contributed by atoms with Crippen molar-refractivity contribution in [3.8, 4) is 0 Å². The predicted molar refractivity (Wildman–Crippen MR) is 61.8 cm³/mol. The second-order valence-corrected chi connectivity index (χ2v) is 4.35. The molecule has 1 aromatic heterocycles. The van der Waals surface area contributed by atoms with E-state index in [2.05, 4.69) is 20.5 Å². The van der Waals surface area contributed by atoms with Crippen LogP contribution in [0.4, 0.5) is 0 Å². The highest BCUT2D eigenvalue weighted by Crippen LogP contribution is 2.37. The lowest BCUT2D eigenvalue weighted by atomic mass is 10.3. The van der Waals surface area contributed by atoms with E-state index >= 15 is 0 Å².